The Labute approximate surface area is 190 Å². The second kappa shape index (κ2) is 14.9. The van der Waals surface area contributed by atoms with Crippen LogP contribution in [0.2, 0.25) is 0 Å². The van der Waals surface area contributed by atoms with Gasteiger partial charge in [0.15, 0.2) is 5.96 Å². The highest BCUT2D eigenvalue weighted by atomic mass is 127. The first kappa shape index (κ1) is 25.0. The molecular weight excluding hydrogens is 487 g/mol. The van der Waals surface area contributed by atoms with Crippen molar-refractivity contribution in [1.82, 2.24) is 15.5 Å². The zero-order valence-electron chi connectivity index (χ0n) is 16.9. The van der Waals surface area contributed by atoms with Crippen LogP contribution in [0.4, 0.5) is 0 Å². The Morgan fingerprint density at radius 2 is 1.96 bits per heavy atom. The highest BCUT2D eigenvalue weighted by Crippen LogP contribution is 2.16. The van der Waals surface area contributed by atoms with Crippen molar-refractivity contribution in [3.05, 3.63) is 30.3 Å². The van der Waals surface area contributed by atoms with Crippen LogP contribution in [0.15, 0.2) is 40.2 Å². The molecule has 1 unspecified atom stereocenters. The molecule has 0 saturated carbocycles. The molecule has 1 amide bonds. The van der Waals surface area contributed by atoms with Crippen molar-refractivity contribution < 1.29 is 9.53 Å². The van der Waals surface area contributed by atoms with E-state index in [9.17, 15) is 4.79 Å². The van der Waals surface area contributed by atoms with Gasteiger partial charge in [-0.3, -0.25) is 4.79 Å². The van der Waals surface area contributed by atoms with Crippen LogP contribution < -0.4 is 10.6 Å². The fourth-order valence-corrected chi connectivity index (χ4v) is 3.49. The zero-order valence-corrected chi connectivity index (χ0v) is 20.0. The molecule has 0 aliphatic carbocycles. The number of guanidine groups is 1. The second-order valence-electron chi connectivity index (χ2n) is 6.75. The number of nitrogens with zero attached hydrogens (tertiary/aromatic N) is 2. The lowest BCUT2D eigenvalue weighted by atomic mass is 10.1. The number of rotatable bonds is 9. The Bertz CT molecular complexity index is 581. The number of halogens is 1. The van der Waals surface area contributed by atoms with Crippen LogP contribution in [0.5, 0.6) is 0 Å². The summed E-state index contributed by atoms with van der Waals surface area (Å²) in [6, 6.07) is 10.3. The van der Waals surface area contributed by atoms with E-state index in [0.29, 0.717) is 12.1 Å². The molecule has 1 aromatic rings. The highest BCUT2D eigenvalue weighted by molar-refractivity contribution is 14.0. The zero-order chi connectivity index (χ0) is 19.3. The Balaban J connectivity index is 0.00000392. The van der Waals surface area contributed by atoms with E-state index in [1.165, 1.54) is 17.7 Å². The summed E-state index contributed by atoms with van der Waals surface area (Å²) in [5, 5.41) is 6.67. The summed E-state index contributed by atoms with van der Waals surface area (Å²) < 4.78 is 5.77. The standard InChI is InChI=1S/C20H32N4O2S.HI/c1-24(2)19(25)16-23-20(21-12-11-17-8-6-7-14-26-17)22-13-15-27-18-9-4-3-5-10-18;/h3-5,9-10,17H,6-8,11-16H2,1-2H3,(H2,21,22,23);1H. The molecule has 1 aliphatic heterocycles. The SMILES string of the molecule is CN(C)C(=O)CN=C(NCCSc1ccccc1)NCCC1CCCCO1.I. The largest absolute Gasteiger partial charge is 0.378 e. The van der Waals surface area contributed by atoms with Crippen LogP contribution in [0.3, 0.4) is 0 Å². The fraction of sp³-hybridized carbons (Fsp3) is 0.600. The Kier molecular flexibility index (Phi) is 13.3. The average molecular weight is 520 g/mol. The monoisotopic (exact) mass is 520 g/mol. The molecule has 1 fully saturated rings. The summed E-state index contributed by atoms with van der Waals surface area (Å²) in [6.45, 7) is 2.59. The molecule has 2 rings (SSSR count). The highest BCUT2D eigenvalue weighted by Gasteiger charge is 2.13. The van der Waals surface area contributed by atoms with E-state index in [2.05, 4.69) is 27.8 Å². The minimum atomic E-state index is -0.00891. The first-order chi connectivity index (χ1) is 13.1. The van der Waals surface area contributed by atoms with Crippen molar-refractivity contribution in [3.8, 4) is 0 Å². The van der Waals surface area contributed by atoms with Gasteiger partial charge in [-0.25, -0.2) is 4.99 Å². The van der Waals surface area contributed by atoms with E-state index in [1.54, 1.807) is 30.8 Å². The summed E-state index contributed by atoms with van der Waals surface area (Å²) in [5.41, 5.74) is 0. The van der Waals surface area contributed by atoms with E-state index in [0.717, 1.165) is 38.3 Å². The van der Waals surface area contributed by atoms with E-state index in [1.807, 2.05) is 18.2 Å². The van der Waals surface area contributed by atoms with Gasteiger partial charge in [-0.15, -0.1) is 35.7 Å². The van der Waals surface area contributed by atoms with Gasteiger partial charge in [-0.1, -0.05) is 18.2 Å². The molecular formula is C20H33IN4O2S. The van der Waals surface area contributed by atoms with Gasteiger partial charge in [0.05, 0.1) is 6.10 Å². The van der Waals surface area contributed by atoms with Crippen LogP contribution in [-0.2, 0) is 9.53 Å². The summed E-state index contributed by atoms with van der Waals surface area (Å²) in [6.07, 6.45) is 4.85. The van der Waals surface area contributed by atoms with Crippen molar-refractivity contribution in [3.63, 3.8) is 0 Å². The summed E-state index contributed by atoms with van der Waals surface area (Å²) in [4.78, 5) is 19.1. The average Bonchev–Trinajstić information content (AvgIpc) is 2.70. The molecule has 6 nitrogen and oxygen atoms in total. The molecule has 0 radical (unpaired) electrons. The number of ether oxygens (including phenoxy) is 1. The third kappa shape index (κ3) is 10.5. The number of carbonyl (C=O) groups is 1. The third-order valence-corrected chi connectivity index (χ3v) is 5.32. The summed E-state index contributed by atoms with van der Waals surface area (Å²) in [5.74, 6) is 1.61. The lowest BCUT2D eigenvalue weighted by molar-refractivity contribution is -0.127. The van der Waals surface area contributed by atoms with E-state index in [4.69, 9.17) is 4.74 Å². The van der Waals surface area contributed by atoms with Gasteiger partial charge < -0.3 is 20.3 Å². The summed E-state index contributed by atoms with van der Waals surface area (Å²) >= 11 is 1.80. The van der Waals surface area contributed by atoms with E-state index >= 15 is 0 Å². The summed E-state index contributed by atoms with van der Waals surface area (Å²) in [7, 11) is 3.49. The molecule has 158 valence electrons. The molecule has 1 aliphatic rings. The number of nitrogens with one attached hydrogen (secondary N) is 2. The third-order valence-electron chi connectivity index (χ3n) is 4.31. The van der Waals surface area contributed by atoms with Gasteiger partial charge in [0.1, 0.15) is 6.54 Å². The molecule has 28 heavy (non-hydrogen) atoms. The molecule has 0 bridgehead atoms. The van der Waals surface area contributed by atoms with Crippen molar-refractivity contribution in [2.75, 3.05) is 46.1 Å². The maximum Gasteiger partial charge on any atom is 0.243 e. The van der Waals surface area contributed by atoms with Crippen LogP contribution in [0, 0.1) is 0 Å². The first-order valence-corrected chi connectivity index (χ1v) is 10.7. The molecule has 0 spiro atoms. The first-order valence-electron chi connectivity index (χ1n) is 9.67. The molecule has 1 atom stereocenters. The van der Waals surface area contributed by atoms with Gasteiger partial charge in [0.25, 0.3) is 0 Å². The van der Waals surface area contributed by atoms with Crippen molar-refractivity contribution in [2.24, 2.45) is 4.99 Å². The normalized spacial score (nSPS) is 16.8. The molecule has 1 heterocycles. The second-order valence-corrected chi connectivity index (χ2v) is 7.91. The van der Waals surface area contributed by atoms with Gasteiger partial charge in [-0.05, 0) is 37.8 Å². The van der Waals surface area contributed by atoms with Gasteiger partial charge in [0.2, 0.25) is 5.91 Å². The Hall–Kier alpha value is -1.000. The van der Waals surface area contributed by atoms with Crippen LogP contribution in [0.25, 0.3) is 0 Å². The van der Waals surface area contributed by atoms with Crippen molar-refractivity contribution in [1.29, 1.82) is 0 Å². The molecule has 8 heteroatoms. The van der Waals surface area contributed by atoms with Gasteiger partial charge >= 0.3 is 0 Å². The molecule has 1 aromatic carbocycles. The Morgan fingerprint density at radius 3 is 2.64 bits per heavy atom. The maximum atomic E-state index is 11.8. The number of likely N-dealkylation sites (N-methyl/N-ethyl adjacent to an activating group) is 1. The number of amides is 1. The van der Waals surface area contributed by atoms with Crippen LogP contribution in [-0.4, -0.2) is 69.0 Å². The van der Waals surface area contributed by atoms with Gasteiger partial charge in [-0.2, -0.15) is 0 Å². The maximum absolute atomic E-state index is 11.8. The number of benzene rings is 1. The number of aliphatic imine (C=N–C) groups is 1. The number of carbonyl (C=O) groups excluding carboxylic acids is 1. The minimum Gasteiger partial charge on any atom is -0.378 e. The minimum absolute atomic E-state index is 0. The number of thioether (sulfide) groups is 1. The van der Waals surface area contributed by atoms with Crippen molar-refractivity contribution in [2.45, 2.75) is 36.7 Å². The van der Waals surface area contributed by atoms with E-state index < -0.39 is 0 Å². The predicted octanol–water partition coefficient (Wildman–Crippen LogP) is 2.98. The van der Waals surface area contributed by atoms with Crippen LogP contribution >= 0.6 is 35.7 Å². The number of hydrogen-bond donors (Lipinski definition) is 2. The van der Waals surface area contributed by atoms with Gasteiger partial charge in [0, 0.05) is 44.4 Å². The predicted molar refractivity (Wildman–Crippen MR) is 128 cm³/mol. The quantitative estimate of drug-likeness (QED) is 0.172. The Morgan fingerprint density at radius 1 is 1.21 bits per heavy atom. The smallest absolute Gasteiger partial charge is 0.243 e. The number of hydrogen-bond acceptors (Lipinski definition) is 4. The van der Waals surface area contributed by atoms with Crippen molar-refractivity contribution >= 4 is 47.6 Å². The van der Waals surface area contributed by atoms with Crippen LogP contribution in [0.1, 0.15) is 25.7 Å². The fourth-order valence-electron chi connectivity index (χ4n) is 2.70. The topological polar surface area (TPSA) is 66.0 Å². The molecule has 1 saturated heterocycles. The van der Waals surface area contributed by atoms with E-state index in [-0.39, 0.29) is 36.4 Å². The lowest BCUT2D eigenvalue weighted by Crippen LogP contribution is -2.41. The molecule has 0 aromatic heterocycles. The molecule has 2 N–H and O–H groups in total. The lowest BCUT2D eigenvalue weighted by Gasteiger charge is -2.23.